The molecule has 2 aromatic heterocycles. The van der Waals surface area contributed by atoms with Crippen LogP contribution in [0, 0.1) is 5.92 Å². The molecule has 0 aliphatic carbocycles. The number of carbonyl (C=O) groups is 1. The zero-order valence-electron chi connectivity index (χ0n) is 13.0. The van der Waals surface area contributed by atoms with Gasteiger partial charge in [0.05, 0.1) is 11.6 Å². The summed E-state index contributed by atoms with van der Waals surface area (Å²) in [7, 11) is 1.92. The molecule has 1 aliphatic rings. The molecule has 1 fully saturated rings. The van der Waals surface area contributed by atoms with E-state index in [1.54, 1.807) is 6.20 Å². The van der Waals surface area contributed by atoms with Crippen LogP contribution in [-0.4, -0.2) is 33.7 Å². The Labute approximate surface area is 133 Å². The minimum atomic E-state index is -0.230. The number of hydrogen-bond donors (Lipinski definition) is 2. The van der Waals surface area contributed by atoms with E-state index in [0.29, 0.717) is 18.8 Å². The number of carbonyl (C=O) groups excluding carboxylic acids is 1. The van der Waals surface area contributed by atoms with Crippen molar-refractivity contribution in [2.45, 2.75) is 18.9 Å². The van der Waals surface area contributed by atoms with Crippen LogP contribution in [0.15, 0.2) is 35.5 Å². The lowest BCUT2D eigenvalue weighted by molar-refractivity contribution is 0.0499. The van der Waals surface area contributed by atoms with Crippen LogP contribution in [0.3, 0.4) is 0 Å². The van der Waals surface area contributed by atoms with E-state index in [9.17, 15) is 9.59 Å². The second kappa shape index (κ2) is 6.78. The zero-order chi connectivity index (χ0) is 16.2. The summed E-state index contributed by atoms with van der Waals surface area (Å²) < 4.78 is 7.34. The molecule has 23 heavy (non-hydrogen) atoms. The molecule has 122 valence electrons. The Balaban J connectivity index is 1.83. The third-order valence-electron chi connectivity index (χ3n) is 4.21. The van der Waals surface area contributed by atoms with Gasteiger partial charge >= 0.3 is 0 Å². The molecule has 1 amide bonds. The lowest BCUT2D eigenvalue weighted by atomic mass is 9.91. The van der Waals surface area contributed by atoms with Gasteiger partial charge in [-0.2, -0.15) is 0 Å². The van der Waals surface area contributed by atoms with Crippen LogP contribution in [0.5, 0.6) is 0 Å². The third-order valence-corrected chi connectivity index (χ3v) is 4.21. The molecular formula is C16H20N4O3. The first-order valence-electron chi connectivity index (χ1n) is 7.69. The highest BCUT2D eigenvalue weighted by molar-refractivity contribution is 5.94. The molecular weight excluding hydrogens is 296 g/mol. The Hall–Kier alpha value is -2.41. The van der Waals surface area contributed by atoms with Gasteiger partial charge in [-0.15, -0.1) is 0 Å². The number of pyridine rings is 1. The number of nitrogens with one attached hydrogen (secondary N) is 2. The van der Waals surface area contributed by atoms with E-state index in [2.05, 4.69) is 15.3 Å². The molecule has 1 atom stereocenters. The number of nitrogens with zero attached hydrogens (tertiary/aromatic N) is 2. The van der Waals surface area contributed by atoms with Crippen molar-refractivity contribution in [2.75, 3.05) is 13.2 Å². The number of imidazole rings is 1. The predicted octanol–water partition coefficient (Wildman–Crippen LogP) is 1.01. The molecule has 0 aromatic carbocycles. The van der Waals surface area contributed by atoms with Crippen LogP contribution in [0.2, 0.25) is 0 Å². The first-order chi connectivity index (χ1) is 11.1. The Kier molecular flexibility index (Phi) is 4.57. The van der Waals surface area contributed by atoms with Gasteiger partial charge in [0.25, 0.3) is 5.91 Å². The Morgan fingerprint density at radius 2 is 2.22 bits per heavy atom. The maximum Gasteiger partial charge on any atom is 0.253 e. The lowest BCUT2D eigenvalue weighted by Crippen LogP contribution is -2.37. The summed E-state index contributed by atoms with van der Waals surface area (Å²) in [6.45, 7) is 1.39. The second-order valence-corrected chi connectivity index (χ2v) is 5.74. The van der Waals surface area contributed by atoms with Crippen molar-refractivity contribution >= 4 is 5.91 Å². The summed E-state index contributed by atoms with van der Waals surface area (Å²) in [6, 6.07) is 2.69. The van der Waals surface area contributed by atoms with E-state index in [1.807, 2.05) is 17.8 Å². The largest absolute Gasteiger partial charge is 0.381 e. The number of aromatic amines is 1. The average Bonchev–Trinajstić information content (AvgIpc) is 2.99. The van der Waals surface area contributed by atoms with E-state index >= 15 is 0 Å². The quantitative estimate of drug-likeness (QED) is 0.881. The van der Waals surface area contributed by atoms with E-state index < -0.39 is 0 Å². The van der Waals surface area contributed by atoms with Crippen LogP contribution >= 0.6 is 0 Å². The summed E-state index contributed by atoms with van der Waals surface area (Å²) >= 11 is 0. The molecule has 0 spiro atoms. The Morgan fingerprint density at radius 1 is 1.43 bits per heavy atom. The van der Waals surface area contributed by atoms with E-state index in [4.69, 9.17) is 4.74 Å². The SMILES string of the molecule is Cn1ccnc1C(NC(=O)c1ccc(=O)[nH]c1)C1CCOCC1. The van der Waals surface area contributed by atoms with Crippen molar-refractivity contribution in [1.82, 2.24) is 19.9 Å². The predicted molar refractivity (Wildman–Crippen MR) is 84.0 cm³/mol. The monoisotopic (exact) mass is 316 g/mol. The maximum absolute atomic E-state index is 12.5. The Bertz CT molecular complexity index is 710. The molecule has 1 aliphatic heterocycles. The fraction of sp³-hybridized carbons (Fsp3) is 0.438. The van der Waals surface area contributed by atoms with Gasteiger partial charge in [0.1, 0.15) is 5.82 Å². The molecule has 7 nitrogen and oxygen atoms in total. The van der Waals surface area contributed by atoms with Crippen LogP contribution in [0.25, 0.3) is 0 Å². The maximum atomic E-state index is 12.5. The topological polar surface area (TPSA) is 89.0 Å². The van der Waals surface area contributed by atoms with Crippen molar-refractivity contribution in [2.24, 2.45) is 13.0 Å². The number of amides is 1. The molecule has 1 saturated heterocycles. The highest BCUT2D eigenvalue weighted by Crippen LogP contribution is 2.29. The minimum absolute atomic E-state index is 0.182. The lowest BCUT2D eigenvalue weighted by Gasteiger charge is -2.30. The number of aryl methyl sites for hydroxylation is 1. The average molecular weight is 316 g/mol. The number of aromatic nitrogens is 3. The van der Waals surface area contributed by atoms with E-state index in [1.165, 1.54) is 18.3 Å². The standard InChI is InChI=1S/C16H20N4O3/c1-20-7-6-17-15(20)14(11-4-8-23-9-5-11)19-16(22)12-2-3-13(21)18-10-12/h2-3,6-7,10-11,14H,4-5,8-9H2,1H3,(H,18,21)(H,19,22). The van der Waals surface area contributed by atoms with Crippen LogP contribution in [0.4, 0.5) is 0 Å². The van der Waals surface area contributed by atoms with Gasteiger partial charge in [0.2, 0.25) is 5.56 Å². The summed E-state index contributed by atoms with van der Waals surface area (Å²) in [5.41, 5.74) is 0.197. The number of hydrogen-bond acceptors (Lipinski definition) is 4. The van der Waals surface area contributed by atoms with Crippen molar-refractivity contribution in [3.63, 3.8) is 0 Å². The van der Waals surface area contributed by atoms with Gasteiger partial charge in [-0.1, -0.05) is 0 Å². The third kappa shape index (κ3) is 3.50. The summed E-state index contributed by atoms with van der Waals surface area (Å²) in [5, 5.41) is 3.07. The highest BCUT2D eigenvalue weighted by atomic mass is 16.5. The van der Waals surface area contributed by atoms with Crippen molar-refractivity contribution in [3.05, 3.63) is 52.5 Å². The molecule has 2 N–H and O–H groups in total. The fourth-order valence-corrected chi connectivity index (χ4v) is 2.90. The normalized spacial score (nSPS) is 16.9. The van der Waals surface area contributed by atoms with Gasteiger partial charge < -0.3 is 19.6 Å². The molecule has 0 saturated carbocycles. The summed E-state index contributed by atoms with van der Waals surface area (Å²) in [4.78, 5) is 30.6. The van der Waals surface area contributed by atoms with Crippen LogP contribution in [-0.2, 0) is 11.8 Å². The van der Waals surface area contributed by atoms with Gasteiger partial charge in [-0.25, -0.2) is 4.98 Å². The second-order valence-electron chi connectivity index (χ2n) is 5.74. The van der Waals surface area contributed by atoms with Gasteiger partial charge in [0.15, 0.2) is 0 Å². The molecule has 0 bridgehead atoms. The van der Waals surface area contributed by atoms with Crippen LogP contribution in [0.1, 0.15) is 35.1 Å². The number of ether oxygens (including phenoxy) is 1. The van der Waals surface area contributed by atoms with Crippen molar-refractivity contribution in [1.29, 1.82) is 0 Å². The highest BCUT2D eigenvalue weighted by Gasteiger charge is 2.29. The van der Waals surface area contributed by atoms with Gasteiger partial charge in [-0.05, 0) is 24.8 Å². The number of rotatable bonds is 4. The smallest absolute Gasteiger partial charge is 0.253 e. The summed E-state index contributed by atoms with van der Waals surface area (Å²) in [5.74, 6) is 0.881. The molecule has 1 unspecified atom stereocenters. The molecule has 0 radical (unpaired) electrons. The summed E-state index contributed by atoms with van der Waals surface area (Å²) in [6.07, 6.45) is 6.78. The molecule has 3 rings (SSSR count). The zero-order valence-corrected chi connectivity index (χ0v) is 13.0. The number of H-pyrrole nitrogens is 1. The molecule has 3 heterocycles. The van der Waals surface area contributed by atoms with Gasteiger partial charge in [-0.3, -0.25) is 9.59 Å². The molecule has 7 heteroatoms. The minimum Gasteiger partial charge on any atom is -0.381 e. The fourth-order valence-electron chi connectivity index (χ4n) is 2.90. The van der Waals surface area contributed by atoms with Crippen LogP contribution < -0.4 is 10.9 Å². The van der Waals surface area contributed by atoms with Crippen molar-refractivity contribution < 1.29 is 9.53 Å². The van der Waals surface area contributed by atoms with Gasteiger partial charge in [0, 0.05) is 44.9 Å². The first kappa shape index (κ1) is 15.5. The Morgan fingerprint density at radius 3 is 2.83 bits per heavy atom. The first-order valence-corrected chi connectivity index (χ1v) is 7.69. The molecule has 2 aromatic rings. The van der Waals surface area contributed by atoms with E-state index in [0.717, 1.165) is 18.7 Å². The van der Waals surface area contributed by atoms with E-state index in [-0.39, 0.29) is 23.4 Å². The van der Waals surface area contributed by atoms with Crippen molar-refractivity contribution in [3.8, 4) is 0 Å².